The first-order valence-corrected chi connectivity index (χ1v) is 9.82. The molecule has 0 unspecified atom stereocenters. The average molecular weight is 412 g/mol. The lowest BCUT2D eigenvalue weighted by Gasteiger charge is -2.35. The number of benzene rings is 1. The third-order valence-corrected chi connectivity index (χ3v) is 5.34. The van der Waals surface area contributed by atoms with Crippen LogP contribution in [0.4, 0.5) is 5.69 Å². The SMILES string of the molecule is C=NN(C(=C)CCN(OC)C1COC1)c1cccc(C#C[C@]2(O)CCN(C)C2=O)c1. The minimum atomic E-state index is -1.63. The average Bonchev–Trinajstić information content (AvgIpc) is 2.97. The van der Waals surface area contributed by atoms with Crippen LogP contribution < -0.4 is 5.01 Å². The number of likely N-dealkylation sites (N-methyl/N-ethyl adjacent to an activating group) is 1. The summed E-state index contributed by atoms with van der Waals surface area (Å²) < 4.78 is 5.22. The minimum Gasteiger partial charge on any atom is -0.378 e. The van der Waals surface area contributed by atoms with E-state index in [-0.39, 0.29) is 11.9 Å². The van der Waals surface area contributed by atoms with Crippen LogP contribution in [-0.4, -0.2) is 79.8 Å². The molecule has 0 saturated carbocycles. The van der Waals surface area contributed by atoms with Gasteiger partial charge in [0.05, 0.1) is 32.1 Å². The number of hydroxylamine groups is 2. The number of hydrogen-bond donors (Lipinski definition) is 1. The summed E-state index contributed by atoms with van der Waals surface area (Å²) in [6.45, 7) is 10.3. The van der Waals surface area contributed by atoms with Gasteiger partial charge >= 0.3 is 0 Å². The van der Waals surface area contributed by atoms with Crippen molar-refractivity contribution < 1.29 is 19.5 Å². The molecule has 1 amide bonds. The molecule has 30 heavy (non-hydrogen) atoms. The third-order valence-electron chi connectivity index (χ3n) is 5.34. The van der Waals surface area contributed by atoms with Crippen LogP contribution >= 0.6 is 0 Å². The van der Waals surface area contributed by atoms with Gasteiger partial charge in [-0.3, -0.25) is 4.79 Å². The third kappa shape index (κ3) is 4.71. The number of rotatable bonds is 8. The second-order valence-corrected chi connectivity index (χ2v) is 7.42. The van der Waals surface area contributed by atoms with E-state index >= 15 is 0 Å². The first-order chi connectivity index (χ1) is 14.4. The number of carbonyl (C=O) groups is 1. The summed E-state index contributed by atoms with van der Waals surface area (Å²) in [5.41, 5.74) is 0.539. The van der Waals surface area contributed by atoms with Crippen LogP contribution in [0.1, 0.15) is 18.4 Å². The summed E-state index contributed by atoms with van der Waals surface area (Å²) in [6.07, 6.45) is 0.925. The Balaban J connectivity index is 1.69. The molecule has 0 bridgehead atoms. The molecular weight excluding hydrogens is 384 g/mol. The van der Waals surface area contributed by atoms with Gasteiger partial charge in [-0.2, -0.15) is 10.2 Å². The van der Waals surface area contributed by atoms with Gasteiger partial charge in [-0.05, 0) is 18.2 Å². The van der Waals surface area contributed by atoms with Crippen molar-refractivity contribution in [2.75, 3.05) is 45.5 Å². The molecule has 160 valence electrons. The number of likely N-dealkylation sites (tertiary alicyclic amines) is 1. The summed E-state index contributed by atoms with van der Waals surface area (Å²) in [6, 6.07) is 7.62. The summed E-state index contributed by atoms with van der Waals surface area (Å²) >= 11 is 0. The molecule has 1 atom stereocenters. The maximum Gasteiger partial charge on any atom is 0.267 e. The number of hydrazone groups is 1. The molecule has 0 aromatic heterocycles. The predicted molar refractivity (Wildman–Crippen MR) is 115 cm³/mol. The Hall–Kier alpha value is -2.70. The van der Waals surface area contributed by atoms with E-state index in [4.69, 9.17) is 9.57 Å². The van der Waals surface area contributed by atoms with Gasteiger partial charge in [0.25, 0.3) is 5.91 Å². The molecule has 0 radical (unpaired) electrons. The highest BCUT2D eigenvalue weighted by Gasteiger charge is 2.42. The lowest BCUT2D eigenvalue weighted by Crippen LogP contribution is -2.48. The van der Waals surface area contributed by atoms with Crippen molar-refractivity contribution in [3.63, 3.8) is 0 Å². The second-order valence-electron chi connectivity index (χ2n) is 7.42. The zero-order valence-corrected chi connectivity index (χ0v) is 17.5. The van der Waals surface area contributed by atoms with E-state index in [2.05, 4.69) is 30.2 Å². The van der Waals surface area contributed by atoms with E-state index in [9.17, 15) is 9.90 Å². The van der Waals surface area contributed by atoms with E-state index in [1.54, 1.807) is 19.2 Å². The Labute approximate surface area is 177 Å². The van der Waals surface area contributed by atoms with E-state index in [0.29, 0.717) is 44.7 Å². The Bertz CT molecular complexity index is 873. The first-order valence-electron chi connectivity index (χ1n) is 9.82. The largest absolute Gasteiger partial charge is 0.378 e. The number of ether oxygens (including phenoxy) is 1. The summed E-state index contributed by atoms with van der Waals surface area (Å²) in [7, 11) is 3.30. The molecule has 2 aliphatic rings. The molecule has 3 rings (SSSR count). The summed E-state index contributed by atoms with van der Waals surface area (Å²) in [5, 5.41) is 18.1. The van der Waals surface area contributed by atoms with Crippen molar-refractivity contribution in [1.29, 1.82) is 0 Å². The van der Waals surface area contributed by atoms with Gasteiger partial charge in [0.2, 0.25) is 5.60 Å². The van der Waals surface area contributed by atoms with Crippen LogP contribution in [0.5, 0.6) is 0 Å². The molecule has 8 heteroatoms. The van der Waals surface area contributed by atoms with E-state index in [1.165, 1.54) is 4.90 Å². The van der Waals surface area contributed by atoms with E-state index in [1.807, 2.05) is 29.3 Å². The molecule has 2 saturated heterocycles. The Kier molecular flexibility index (Phi) is 6.90. The van der Waals surface area contributed by atoms with Crippen molar-refractivity contribution in [1.82, 2.24) is 9.96 Å². The number of hydrogen-bond acceptors (Lipinski definition) is 7. The fourth-order valence-electron chi connectivity index (χ4n) is 3.38. The fourth-order valence-corrected chi connectivity index (χ4v) is 3.38. The molecule has 1 N–H and O–H groups in total. The van der Waals surface area contributed by atoms with Crippen LogP contribution in [0.25, 0.3) is 0 Å². The van der Waals surface area contributed by atoms with Crippen LogP contribution in [0.3, 0.4) is 0 Å². The second kappa shape index (κ2) is 9.41. The Morgan fingerprint density at radius 3 is 2.83 bits per heavy atom. The number of aliphatic hydroxyl groups is 1. The molecule has 1 aromatic carbocycles. The number of anilines is 1. The van der Waals surface area contributed by atoms with Gasteiger partial charge in [0.1, 0.15) is 0 Å². The van der Waals surface area contributed by atoms with Gasteiger partial charge in [-0.25, -0.2) is 5.01 Å². The van der Waals surface area contributed by atoms with Crippen molar-refractivity contribution >= 4 is 18.3 Å². The van der Waals surface area contributed by atoms with Gasteiger partial charge < -0.3 is 19.6 Å². The van der Waals surface area contributed by atoms with Crippen LogP contribution in [0.2, 0.25) is 0 Å². The van der Waals surface area contributed by atoms with Crippen LogP contribution in [0.15, 0.2) is 41.6 Å². The molecule has 0 aliphatic carbocycles. The molecule has 2 heterocycles. The van der Waals surface area contributed by atoms with Crippen LogP contribution in [0, 0.1) is 11.8 Å². The van der Waals surface area contributed by atoms with Crippen molar-refractivity contribution in [2.45, 2.75) is 24.5 Å². The Morgan fingerprint density at radius 1 is 1.50 bits per heavy atom. The first kappa shape index (κ1) is 22.0. The summed E-state index contributed by atoms with van der Waals surface area (Å²) in [4.78, 5) is 19.0. The number of amides is 1. The van der Waals surface area contributed by atoms with E-state index in [0.717, 1.165) is 11.4 Å². The number of nitrogens with zero attached hydrogens (tertiary/aromatic N) is 4. The van der Waals surface area contributed by atoms with Gasteiger partial charge in [0.15, 0.2) is 0 Å². The maximum absolute atomic E-state index is 12.1. The monoisotopic (exact) mass is 412 g/mol. The van der Waals surface area contributed by atoms with Gasteiger partial charge in [-0.1, -0.05) is 24.5 Å². The normalized spacial score (nSPS) is 21.2. The lowest BCUT2D eigenvalue weighted by molar-refractivity contribution is -0.220. The molecule has 0 spiro atoms. The smallest absolute Gasteiger partial charge is 0.267 e. The highest BCUT2D eigenvalue weighted by molar-refractivity contribution is 5.90. The van der Waals surface area contributed by atoms with Crippen LogP contribution in [-0.2, 0) is 14.4 Å². The quantitative estimate of drug-likeness (QED) is 0.393. The van der Waals surface area contributed by atoms with Gasteiger partial charge in [0, 0.05) is 51.0 Å². The predicted octanol–water partition coefficient (Wildman–Crippen LogP) is 1.22. The van der Waals surface area contributed by atoms with Crippen molar-refractivity contribution in [3.05, 3.63) is 42.1 Å². The molecule has 1 aromatic rings. The van der Waals surface area contributed by atoms with Crippen molar-refractivity contribution in [3.8, 4) is 11.8 Å². The zero-order valence-electron chi connectivity index (χ0n) is 17.5. The molecule has 8 nitrogen and oxygen atoms in total. The van der Waals surface area contributed by atoms with Gasteiger partial charge in [-0.15, -0.1) is 0 Å². The molecule has 2 aliphatic heterocycles. The minimum absolute atomic E-state index is 0.259. The maximum atomic E-state index is 12.1. The molecule has 2 fully saturated rings. The molecular formula is C22H28N4O4. The fraction of sp³-hybridized carbons (Fsp3) is 0.455. The highest BCUT2D eigenvalue weighted by Crippen LogP contribution is 2.24. The Morgan fingerprint density at radius 2 is 2.27 bits per heavy atom. The standard InChI is InChI=1S/C22H28N4O4/c1-17(9-12-25(29-4)20-15-30-16-20)26(23-2)19-7-5-6-18(14-19)8-10-22(28)11-13-24(3)21(22)27/h5-7,14,20,28H,1-2,9,11-13,15-16H2,3-4H3/t22-/m0/s1. The zero-order chi connectivity index (χ0) is 21.7. The van der Waals surface area contributed by atoms with Crippen molar-refractivity contribution in [2.24, 2.45) is 5.10 Å². The lowest BCUT2D eigenvalue weighted by atomic mass is 10.0. The highest BCUT2D eigenvalue weighted by atomic mass is 16.7. The van der Waals surface area contributed by atoms with E-state index < -0.39 is 5.60 Å². The number of carbonyl (C=O) groups excluding carboxylic acids is 1. The summed E-state index contributed by atoms with van der Waals surface area (Å²) in [5.74, 6) is 5.28. The topological polar surface area (TPSA) is 77.8 Å².